The van der Waals surface area contributed by atoms with Crippen LogP contribution in [0.15, 0.2) is 24.3 Å². The lowest BCUT2D eigenvalue weighted by Crippen LogP contribution is -2.36. The minimum absolute atomic E-state index is 0.296. The fourth-order valence-corrected chi connectivity index (χ4v) is 3.57. The number of hydrogen-bond donors (Lipinski definition) is 1. The maximum atomic E-state index is 6.49. The van der Waals surface area contributed by atoms with E-state index in [2.05, 4.69) is 24.3 Å². The summed E-state index contributed by atoms with van der Waals surface area (Å²) < 4.78 is 0. The molecule has 1 fully saturated rings. The Hall–Kier alpha value is -0.820. The molecule has 0 amide bonds. The Morgan fingerprint density at radius 3 is 2.60 bits per heavy atom. The summed E-state index contributed by atoms with van der Waals surface area (Å²) in [7, 11) is 0. The van der Waals surface area contributed by atoms with Crippen molar-refractivity contribution in [2.45, 2.75) is 44.6 Å². The molecule has 1 heteroatoms. The maximum absolute atomic E-state index is 6.49. The molecule has 0 aromatic heterocycles. The average molecular weight is 201 g/mol. The first-order valence-electron chi connectivity index (χ1n) is 6.15. The van der Waals surface area contributed by atoms with Crippen LogP contribution in [0.5, 0.6) is 0 Å². The number of nitrogens with two attached hydrogens (primary N) is 1. The molecule has 0 saturated heterocycles. The maximum Gasteiger partial charge on any atom is 0.0354 e. The van der Waals surface area contributed by atoms with Gasteiger partial charge in [-0.1, -0.05) is 37.1 Å². The minimum atomic E-state index is 0.296. The molecule has 0 heterocycles. The van der Waals surface area contributed by atoms with Gasteiger partial charge in [-0.15, -0.1) is 0 Å². The zero-order valence-corrected chi connectivity index (χ0v) is 9.21. The number of rotatable bonds is 0. The predicted octanol–water partition coefficient (Wildman–Crippen LogP) is 3.19. The van der Waals surface area contributed by atoms with Gasteiger partial charge in [0.25, 0.3) is 0 Å². The molecule has 1 aromatic rings. The van der Waals surface area contributed by atoms with E-state index in [-0.39, 0.29) is 0 Å². The van der Waals surface area contributed by atoms with Crippen LogP contribution in [-0.4, -0.2) is 0 Å². The second kappa shape index (κ2) is 3.34. The molecule has 80 valence electrons. The highest BCUT2D eigenvalue weighted by atomic mass is 14.7. The Balaban J connectivity index is 2.01. The lowest BCUT2D eigenvalue weighted by atomic mass is 9.67. The molecular weight excluding hydrogens is 182 g/mol. The van der Waals surface area contributed by atoms with Gasteiger partial charge in [0.05, 0.1) is 0 Å². The van der Waals surface area contributed by atoms with Gasteiger partial charge in [-0.3, -0.25) is 0 Å². The van der Waals surface area contributed by atoms with Gasteiger partial charge in [0.1, 0.15) is 0 Å². The highest BCUT2D eigenvalue weighted by Crippen LogP contribution is 2.52. The summed E-state index contributed by atoms with van der Waals surface area (Å²) >= 11 is 0. The number of benzene rings is 1. The molecule has 1 spiro atoms. The van der Waals surface area contributed by atoms with Gasteiger partial charge >= 0.3 is 0 Å². The van der Waals surface area contributed by atoms with Gasteiger partial charge < -0.3 is 5.73 Å². The summed E-state index contributed by atoms with van der Waals surface area (Å²) in [5.74, 6) is 0. The smallest absolute Gasteiger partial charge is 0.0354 e. The molecule has 2 aliphatic rings. The second-order valence-corrected chi connectivity index (χ2v) is 5.25. The molecule has 0 unspecified atom stereocenters. The zero-order chi connectivity index (χ0) is 10.3. The largest absolute Gasteiger partial charge is 0.323 e. The third kappa shape index (κ3) is 1.33. The topological polar surface area (TPSA) is 26.0 Å². The fraction of sp³-hybridized carbons (Fsp3) is 0.571. The highest BCUT2D eigenvalue weighted by Gasteiger charge is 2.42. The third-order valence-corrected chi connectivity index (χ3v) is 4.54. The Morgan fingerprint density at radius 2 is 1.80 bits per heavy atom. The molecule has 2 aliphatic carbocycles. The van der Waals surface area contributed by atoms with Crippen LogP contribution in [0.1, 0.15) is 49.3 Å². The molecule has 2 N–H and O–H groups in total. The van der Waals surface area contributed by atoms with Crippen molar-refractivity contribution in [3.05, 3.63) is 35.4 Å². The summed E-state index contributed by atoms with van der Waals surface area (Å²) in [6.07, 6.45) is 8.02. The van der Waals surface area contributed by atoms with E-state index in [9.17, 15) is 0 Å². The van der Waals surface area contributed by atoms with Crippen LogP contribution in [0.3, 0.4) is 0 Å². The molecule has 1 atom stereocenters. The van der Waals surface area contributed by atoms with Crippen molar-refractivity contribution in [1.82, 2.24) is 0 Å². The summed E-state index contributed by atoms with van der Waals surface area (Å²) in [5, 5.41) is 0. The van der Waals surface area contributed by atoms with Crippen molar-refractivity contribution in [3.8, 4) is 0 Å². The Labute approximate surface area is 91.7 Å². The van der Waals surface area contributed by atoms with E-state index in [1.165, 1.54) is 49.7 Å². The van der Waals surface area contributed by atoms with Gasteiger partial charge in [-0.2, -0.15) is 0 Å². The van der Waals surface area contributed by atoms with Gasteiger partial charge in [0.15, 0.2) is 0 Å². The third-order valence-electron chi connectivity index (χ3n) is 4.54. The quantitative estimate of drug-likeness (QED) is 0.685. The van der Waals surface area contributed by atoms with Crippen LogP contribution in [-0.2, 0) is 6.42 Å². The van der Waals surface area contributed by atoms with Gasteiger partial charge in [-0.05, 0) is 42.2 Å². The van der Waals surface area contributed by atoms with Gasteiger partial charge in [-0.25, -0.2) is 0 Å². The summed E-state index contributed by atoms with van der Waals surface area (Å²) in [6, 6.07) is 9.05. The van der Waals surface area contributed by atoms with E-state index in [0.29, 0.717) is 11.5 Å². The lowest BCUT2D eigenvalue weighted by molar-refractivity contribution is 0.197. The Bertz CT molecular complexity index is 363. The Kier molecular flexibility index (Phi) is 2.10. The zero-order valence-electron chi connectivity index (χ0n) is 9.21. The normalized spacial score (nSPS) is 27.9. The summed E-state index contributed by atoms with van der Waals surface area (Å²) in [4.78, 5) is 0. The molecule has 0 bridgehead atoms. The summed E-state index contributed by atoms with van der Waals surface area (Å²) in [6.45, 7) is 0. The van der Waals surface area contributed by atoms with E-state index in [1.807, 2.05) is 0 Å². The van der Waals surface area contributed by atoms with Crippen molar-refractivity contribution in [3.63, 3.8) is 0 Å². The van der Waals surface area contributed by atoms with E-state index in [1.54, 1.807) is 0 Å². The molecule has 1 aromatic carbocycles. The fourth-order valence-electron chi connectivity index (χ4n) is 3.57. The van der Waals surface area contributed by atoms with Crippen molar-refractivity contribution in [2.24, 2.45) is 11.1 Å². The van der Waals surface area contributed by atoms with Crippen molar-refractivity contribution < 1.29 is 0 Å². The number of aryl methyl sites for hydroxylation is 1. The van der Waals surface area contributed by atoms with Gasteiger partial charge in [0.2, 0.25) is 0 Å². The van der Waals surface area contributed by atoms with Crippen LogP contribution in [0.4, 0.5) is 0 Å². The van der Waals surface area contributed by atoms with Crippen LogP contribution in [0.2, 0.25) is 0 Å². The van der Waals surface area contributed by atoms with Crippen molar-refractivity contribution in [1.29, 1.82) is 0 Å². The molecule has 0 aliphatic heterocycles. The highest BCUT2D eigenvalue weighted by molar-refractivity contribution is 5.34. The molecule has 1 nitrogen and oxygen atoms in total. The monoisotopic (exact) mass is 201 g/mol. The van der Waals surface area contributed by atoms with Crippen LogP contribution < -0.4 is 5.73 Å². The predicted molar refractivity (Wildman–Crippen MR) is 62.6 cm³/mol. The number of hydrogen-bond acceptors (Lipinski definition) is 1. The minimum Gasteiger partial charge on any atom is -0.323 e. The molecular formula is C14H19N. The Morgan fingerprint density at radius 1 is 1.07 bits per heavy atom. The average Bonchev–Trinajstić information content (AvgIpc) is 2.74. The van der Waals surface area contributed by atoms with E-state index in [0.717, 1.165) is 0 Å². The lowest BCUT2D eigenvalue weighted by Gasteiger charge is -2.40. The molecule has 3 rings (SSSR count). The molecule has 15 heavy (non-hydrogen) atoms. The van der Waals surface area contributed by atoms with Crippen LogP contribution >= 0.6 is 0 Å². The second-order valence-electron chi connectivity index (χ2n) is 5.25. The van der Waals surface area contributed by atoms with Crippen molar-refractivity contribution in [2.75, 3.05) is 0 Å². The first kappa shape index (κ1) is 9.41. The van der Waals surface area contributed by atoms with Gasteiger partial charge in [0, 0.05) is 6.04 Å². The van der Waals surface area contributed by atoms with E-state index in [4.69, 9.17) is 5.73 Å². The standard InChI is InChI=1S/C14H19N/c15-13-12-6-2-1-5-11(12)7-10-14(13)8-3-4-9-14/h1-2,5-6,13H,3-4,7-10,15H2/t13-/m0/s1. The summed E-state index contributed by atoms with van der Waals surface area (Å²) in [5.41, 5.74) is 9.85. The van der Waals surface area contributed by atoms with Crippen molar-refractivity contribution >= 4 is 0 Å². The van der Waals surface area contributed by atoms with E-state index < -0.39 is 0 Å². The molecule has 1 saturated carbocycles. The number of fused-ring (bicyclic) bond motifs is 1. The van der Waals surface area contributed by atoms with Crippen LogP contribution in [0.25, 0.3) is 0 Å². The first-order valence-corrected chi connectivity index (χ1v) is 6.15. The SMILES string of the molecule is N[C@H]1c2ccccc2CCC12CCCC2. The first-order chi connectivity index (χ1) is 7.32. The molecule has 0 radical (unpaired) electrons. The van der Waals surface area contributed by atoms with E-state index >= 15 is 0 Å². The van der Waals surface area contributed by atoms with Crippen LogP contribution in [0, 0.1) is 5.41 Å².